The molecule has 0 aliphatic carbocycles. The second-order valence-electron chi connectivity index (χ2n) is 4.88. The Morgan fingerprint density at radius 2 is 2.00 bits per heavy atom. The summed E-state index contributed by atoms with van der Waals surface area (Å²) in [6, 6.07) is 15.1. The van der Waals surface area contributed by atoms with Crippen molar-refractivity contribution < 1.29 is 4.79 Å². The molecule has 0 unspecified atom stereocenters. The normalized spacial score (nSPS) is 13.9. The van der Waals surface area contributed by atoms with Gasteiger partial charge in [-0.2, -0.15) is 0 Å². The molecular weight excluding hydrogens is 302 g/mol. The first kappa shape index (κ1) is 14.4. The van der Waals surface area contributed by atoms with Gasteiger partial charge in [0, 0.05) is 16.1 Å². The number of nitrogens with zero attached hydrogens (tertiary/aromatic N) is 2. The molecule has 1 aliphatic heterocycles. The van der Waals surface area contributed by atoms with E-state index in [0.717, 1.165) is 22.5 Å². The van der Waals surface area contributed by atoms with Gasteiger partial charge >= 0.3 is 0 Å². The zero-order valence-corrected chi connectivity index (χ0v) is 12.5. The standard InChI is InChI=1S/C18H13ClN2O/c1-2-10-21-16-9-8-14(19)11-15(16)18(20-12-17(21)22)13-6-4-3-5-7-13/h1,3-9,11H,10,12H2/i3+1,4+1,5+1,6+1,7+1,13+1. The van der Waals surface area contributed by atoms with Crippen molar-refractivity contribution in [2.24, 2.45) is 4.99 Å². The Morgan fingerprint density at radius 3 is 2.73 bits per heavy atom. The predicted molar refractivity (Wildman–Crippen MR) is 89.6 cm³/mol. The van der Waals surface area contributed by atoms with Crippen molar-refractivity contribution in [3.63, 3.8) is 0 Å². The molecule has 0 atom stereocenters. The maximum atomic E-state index is 12.3. The molecule has 0 fully saturated rings. The number of hydrogen-bond acceptors (Lipinski definition) is 2. The fourth-order valence-corrected chi connectivity index (χ4v) is 2.66. The van der Waals surface area contributed by atoms with Gasteiger partial charge in [-0.05, 0) is 18.2 Å². The second kappa shape index (κ2) is 6.05. The third kappa shape index (κ3) is 2.61. The maximum Gasteiger partial charge on any atom is 0.249 e. The summed E-state index contributed by atoms with van der Waals surface area (Å²) in [7, 11) is 0. The first-order valence-corrected chi connectivity index (χ1v) is 7.22. The molecule has 3 rings (SSSR count). The van der Waals surface area contributed by atoms with Gasteiger partial charge in [0.05, 0.1) is 17.9 Å². The van der Waals surface area contributed by atoms with E-state index in [9.17, 15) is 4.79 Å². The van der Waals surface area contributed by atoms with Gasteiger partial charge in [-0.15, -0.1) is 6.42 Å². The molecule has 22 heavy (non-hydrogen) atoms. The number of hydrogen-bond donors (Lipinski definition) is 0. The highest BCUT2D eigenvalue weighted by atomic mass is 35.5. The van der Waals surface area contributed by atoms with E-state index in [1.165, 1.54) is 0 Å². The van der Waals surface area contributed by atoms with Crippen LogP contribution in [0.5, 0.6) is 0 Å². The van der Waals surface area contributed by atoms with Gasteiger partial charge in [0.25, 0.3) is 0 Å². The van der Waals surface area contributed by atoms with Crippen LogP contribution in [0.2, 0.25) is 5.02 Å². The minimum atomic E-state index is -0.118. The maximum absolute atomic E-state index is 12.3. The van der Waals surface area contributed by atoms with E-state index in [0.29, 0.717) is 5.02 Å². The summed E-state index contributed by atoms with van der Waals surface area (Å²) in [6.45, 7) is 0.281. The molecule has 0 spiro atoms. The molecule has 2 aromatic carbocycles. The van der Waals surface area contributed by atoms with E-state index >= 15 is 0 Å². The molecule has 1 heterocycles. The van der Waals surface area contributed by atoms with Crippen LogP contribution in [0.1, 0.15) is 11.1 Å². The van der Waals surface area contributed by atoms with Gasteiger partial charge in [0.15, 0.2) is 0 Å². The molecule has 4 heteroatoms. The monoisotopic (exact) mass is 314 g/mol. The molecule has 0 radical (unpaired) electrons. The van der Waals surface area contributed by atoms with Gasteiger partial charge in [-0.1, -0.05) is 47.9 Å². The lowest BCUT2D eigenvalue weighted by Gasteiger charge is -2.20. The summed E-state index contributed by atoms with van der Waals surface area (Å²) in [5.74, 6) is 2.41. The molecule has 108 valence electrons. The number of rotatable bonds is 2. The van der Waals surface area contributed by atoms with Crippen molar-refractivity contribution in [1.82, 2.24) is 0 Å². The molecule has 0 N–H and O–H groups in total. The Bertz CT molecular complexity index is 790. The lowest BCUT2D eigenvalue weighted by molar-refractivity contribution is -0.117. The second-order valence-corrected chi connectivity index (χ2v) is 5.31. The van der Waals surface area contributed by atoms with Crippen LogP contribution in [0.4, 0.5) is 5.69 Å². The number of benzene rings is 2. The minimum absolute atomic E-state index is 0.0677. The van der Waals surface area contributed by atoms with Crippen LogP contribution in [0.25, 0.3) is 0 Å². The van der Waals surface area contributed by atoms with Crippen molar-refractivity contribution in [2.45, 2.75) is 0 Å². The first-order chi connectivity index (χ1) is 10.7. The SMILES string of the molecule is C#CCN1C(=O)CN=C([13c]2[13cH][13cH][13cH][13cH][13cH]2)c2cc(Cl)ccc21. The fourth-order valence-electron chi connectivity index (χ4n) is 2.49. The molecule has 1 amide bonds. The Kier molecular flexibility index (Phi) is 3.95. The number of carbonyl (C=O) groups excluding carboxylic acids is 1. The molecule has 3 nitrogen and oxygen atoms in total. The van der Waals surface area contributed by atoms with Gasteiger partial charge in [-0.3, -0.25) is 14.7 Å². The van der Waals surface area contributed by atoms with Gasteiger partial charge in [0.2, 0.25) is 5.91 Å². The lowest BCUT2D eigenvalue weighted by Crippen LogP contribution is -2.32. The van der Waals surface area contributed by atoms with Gasteiger partial charge in [0.1, 0.15) is 6.54 Å². The van der Waals surface area contributed by atoms with Crippen molar-refractivity contribution in [3.05, 3.63) is 64.7 Å². The fraction of sp³-hybridized carbons (Fsp3) is 0.111. The summed E-state index contributed by atoms with van der Waals surface area (Å²) in [5, 5.41) is 0.595. The number of halogens is 1. The Hall–Kier alpha value is -2.57. The Balaban J connectivity index is 2.21. The van der Waals surface area contributed by atoms with E-state index in [4.69, 9.17) is 18.0 Å². The molecule has 0 saturated heterocycles. The van der Waals surface area contributed by atoms with E-state index in [1.807, 2.05) is 42.5 Å². The number of fused-ring (bicyclic) bond motifs is 1. The van der Waals surface area contributed by atoms with E-state index < -0.39 is 0 Å². The minimum Gasteiger partial charge on any atom is -0.299 e. The molecule has 1 aliphatic rings. The number of aliphatic imine (C=N–C) groups is 1. The van der Waals surface area contributed by atoms with Crippen LogP contribution in [0.3, 0.4) is 0 Å². The number of amides is 1. The van der Waals surface area contributed by atoms with Crippen LogP contribution in [0.15, 0.2) is 53.5 Å². The van der Waals surface area contributed by atoms with Crippen LogP contribution in [-0.4, -0.2) is 24.7 Å². The van der Waals surface area contributed by atoms with Crippen LogP contribution < -0.4 is 4.90 Å². The van der Waals surface area contributed by atoms with E-state index in [1.54, 1.807) is 11.0 Å². The van der Waals surface area contributed by atoms with E-state index in [-0.39, 0.29) is 19.0 Å². The average Bonchev–Trinajstić information content (AvgIpc) is 2.66. The molecule has 2 aromatic rings. The number of benzodiazepines with no additional fused rings is 1. The summed E-state index contributed by atoms with van der Waals surface area (Å²) >= 11 is 6.15. The highest BCUT2D eigenvalue weighted by Crippen LogP contribution is 2.29. The van der Waals surface area contributed by atoms with Crippen molar-refractivity contribution in [3.8, 4) is 12.3 Å². The smallest absolute Gasteiger partial charge is 0.249 e. The largest absolute Gasteiger partial charge is 0.299 e. The molecule has 0 saturated carbocycles. The number of terminal acetylenes is 1. The summed E-state index contributed by atoms with van der Waals surface area (Å²) < 4.78 is 0. The summed E-state index contributed by atoms with van der Waals surface area (Å²) in [5.41, 5.74) is 3.26. The highest BCUT2D eigenvalue weighted by Gasteiger charge is 2.24. The van der Waals surface area contributed by atoms with Crippen LogP contribution >= 0.6 is 11.6 Å². The van der Waals surface area contributed by atoms with Crippen molar-refractivity contribution in [2.75, 3.05) is 18.0 Å². The van der Waals surface area contributed by atoms with Crippen LogP contribution in [-0.2, 0) is 4.79 Å². The zero-order chi connectivity index (χ0) is 15.5. The summed E-state index contributed by atoms with van der Waals surface area (Å²) in [6.07, 6.45) is 5.40. The zero-order valence-electron chi connectivity index (χ0n) is 11.8. The Morgan fingerprint density at radius 1 is 1.23 bits per heavy atom. The third-order valence-corrected chi connectivity index (χ3v) is 3.71. The molecular formula is C18H13ClN2O. The molecule has 0 bridgehead atoms. The first-order valence-electron chi connectivity index (χ1n) is 6.84. The quantitative estimate of drug-likeness (QED) is 0.784. The van der Waals surface area contributed by atoms with Gasteiger partial charge in [-0.25, -0.2) is 0 Å². The number of carbonyl (C=O) groups is 1. The lowest BCUT2D eigenvalue weighted by atomic mass is 10.1. The van der Waals surface area contributed by atoms with Gasteiger partial charge < -0.3 is 0 Å². The number of anilines is 1. The average molecular weight is 315 g/mol. The van der Waals surface area contributed by atoms with Crippen molar-refractivity contribution >= 4 is 28.9 Å². The van der Waals surface area contributed by atoms with Crippen LogP contribution in [0, 0.1) is 12.3 Å². The summed E-state index contributed by atoms with van der Waals surface area (Å²) in [4.78, 5) is 18.4. The third-order valence-electron chi connectivity index (χ3n) is 3.47. The topological polar surface area (TPSA) is 32.7 Å². The predicted octanol–water partition coefficient (Wildman–Crippen LogP) is 3.16. The van der Waals surface area contributed by atoms with Crippen molar-refractivity contribution in [1.29, 1.82) is 0 Å². The Labute approximate surface area is 134 Å². The highest BCUT2D eigenvalue weighted by molar-refractivity contribution is 6.32. The molecule has 0 aromatic heterocycles. The van der Waals surface area contributed by atoms with E-state index in [2.05, 4.69) is 10.9 Å².